The molecular weight excluding hydrogens is 212 g/mol. The smallest absolute Gasteiger partial charge is 0.317 e. The summed E-state index contributed by atoms with van der Waals surface area (Å²) >= 11 is 0. The Morgan fingerprint density at radius 2 is 1.71 bits per heavy atom. The molecule has 1 atom stereocenters. The van der Waals surface area contributed by atoms with Crippen molar-refractivity contribution < 1.29 is 4.79 Å². The van der Waals surface area contributed by atoms with Crippen LogP contribution in [0.5, 0.6) is 0 Å². The van der Waals surface area contributed by atoms with E-state index in [4.69, 9.17) is 0 Å². The number of carbonyl (C=O) groups excluding carboxylic acids is 1. The lowest BCUT2D eigenvalue weighted by Gasteiger charge is -2.29. The largest absolute Gasteiger partial charge is 0.335 e. The van der Waals surface area contributed by atoms with Crippen molar-refractivity contribution in [3.63, 3.8) is 0 Å². The average Bonchev–Trinajstić information content (AvgIpc) is 3.08. The van der Waals surface area contributed by atoms with E-state index in [0.29, 0.717) is 12.1 Å². The first-order chi connectivity index (χ1) is 8.34. The van der Waals surface area contributed by atoms with Gasteiger partial charge < -0.3 is 10.2 Å². The van der Waals surface area contributed by atoms with Gasteiger partial charge in [0.25, 0.3) is 0 Å². The summed E-state index contributed by atoms with van der Waals surface area (Å²) in [6.07, 6.45) is 11.4. The lowest BCUT2D eigenvalue weighted by atomic mass is 9.96. The van der Waals surface area contributed by atoms with Gasteiger partial charge in [-0.05, 0) is 44.4 Å². The highest BCUT2D eigenvalue weighted by molar-refractivity contribution is 5.75. The van der Waals surface area contributed by atoms with Crippen LogP contribution in [0.1, 0.15) is 57.8 Å². The molecule has 3 nitrogen and oxygen atoms in total. The first kappa shape index (κ1) is 11.4. The van der Waals surface area contributed by atoms with Gasteiger partial charge in [-0.3, -0.25) is 0 Å². The molecule has 3 fully saturated rings. The zero-order valence-corrected chi connectivity index (χ0v) is 10.7. The number of rotatable bonds is 2. The fraction of sp³-hybridized carbons (Fsp3) is 0.929. The van der Waals surface area contributed by atoms with Gasteiger partial charge in [0.2, 0.25) is 0 Å². The number of amides is 2. The summed E-state index contributed by atoms with van der Waals surface area (Å²) in [6, 6.07) is 1.25. The number of hydrogen-bond acceptors (Lipinski definition) is 1. The number of likely N-dealkylation sites (tertiary alicyclic amines) is 1. The van der Waals surface area contributed by atoms with Gasteiger partial charge >= 0.3 is 6.03 Å². The molecular formula is C14H24N2O. The predicted molar refractivity (Wildman–Crippen MR) is 67.9 cm³/mol. The Labute approximate surface area is 104 Å². The Hall–Kier alpha value is -0.730. The second kappa shape index (κ2) is 4.87. The Bertz CT molecular complexity index is 282. The zero-order valence-electron chi connectivity index (χ0n) is 10.7. The summed E-state index contributed by atoms with van der Waals surface area (Å²) in [5, 5.41) is 3.26. The molecule has 3 rings (SSSR count). The van der Waals surface area contributed by atoms with Gasteiger partial charge in [-0.25, -0.2) is 4.79 Å². The minimum atomic E-state index is 0.228. The van der Waals surface area contributed by atoms with Crippen LogP contribution in [0.2, 0.25) is 0 Å². The summed E-state index contributed by atoms with van der Waals surface area (Å²) in [5.41, 5.74) is 0. The van der Waals surface area contributed by atoms with Gasteiger partial charge in [0.15, 0.2) is 0 Å². The number of hydrogen-bond donors (Lipinski definition) is 1. The Morgan fingerprint density at radius 3 is 2.41 bits per heavy atom. The number of urea groups is 1. The van der Waals surface area contributed by atoms with Crippen molar-refractivity contribution in [3.05, 3.63) is 0 Å². The molecule has 1 aliphatic heterocycles. The van der Waals surface area contributed by atoms with Crippen LogP contribution in [-0.2, 0) is 0 Å². The van der Waals surface area contributed by atoms with Crippen molar-refractivity contribution in [2.45, 2.75) is 69.9 Å². The lowest BCUT2D eigenvalue weighted by Crippen LogP contribution is -2.47. The maximum Gasteiger partial charge on any atom is 0.317 e. The molecule has 3 aliphatic rings. The number of carbonyl (C=O) groups is 1. The maximum absolute atomic E-state index is 12.3. The monoisotopic (exact) mass is 236 g/mol. The van der Waals surface area contributed by atoms with E-state index in [1.54, 1.807) is 0 Å². The second-order valence-corrected chi connectivity index (χ2v) is 6.02. The van der Waals surface area contributed by atoms with Crippen LogP contribution in [-0.4, -0.2) is 29.6 Å². The van der Waals surface area contributed by atoms with E-state index >= 15 is 0 Å². The van der Waals surface area contributed by atoms with Crippen molar-refractivity contribution in [1.82, 2.24) is 10.2 Å². The van der Waals surface area contributed by atoms with Crippen LogP contribution in [0.3, 0.4) is 0 Å². The SMILES string of the molecule is O=C(NC1CCCCC1)N1CCCC1C1CC1. The highest BCUT2D eigenvalue weighted by Gasteiger charge is 2.40. The van der Waals surface area contributed by atoms with Gasteiger partial charge in [0.1, 0.15) is 0 Å². The van der Waals surface area contributed by atoms with Crippen molar-refractivity contribution >= 4 is 6.03 Å². The number of nitrogens with zero attached hydrogens (tertiary/aromatic N) is 1. The molecule has 1 unspecified atom stereocenters. The van der Waals surface area contributed by atoms with Crippen LogP contribution < -0.4 is 5.32 Å². The quantitative estimate of drug-likeness (QED) is 0.785. The molecule has 0 aromatic rings. The van der Waals surface area contributed by atoms with Crippen LogP contribution >= 0.6 is 0 Å². The summed E-state index contributed by atoms with van der Waals surface area (Å²) in [5.74, 6) is 0.828. The van der Waals surface area contributed by atoms with E-state index in [0.717, 1.165) is 12.5 Å². The van der Waals surface area contributed by atoms with E-state index in [1.807, 2.05) is 0 Å². The normalized spacial score (nSPS) is 30.6. The highest BCUT2D eigenvalue weighted by Crippen LogP contribution is 2.40. The first-order valence-electron chi connectivity index (χ1n) is 7.42. The van der Waals surface area contributed by atoms with Crippen molar-refractivity contribution in [2.24, 2.45) is 5.92 Å². The fourth-order valence-electron chi connectivity index (χ4n) is 3.52. The molecule has 17 heavy (non-hydrogen) atoms. The average molecular weight is 236 g/mol. The van der Waals surface area contributed by atoms with Crippen LogP contribution in [0.15, 0.2) is 0 Å². The van der Waals surface area contributed by atoms with Gasteiger partial charge in [-0.2, -0.15) is 0 Å². The first-order valence-corrected chi connectivity index (χ1v) is 7.42. The molecule has 0 aromatic heterocycles. The van der Waals surface area contributed by atoms with Crippen LogP contribution in [0.25, 0.3) is 0 Å². The molecule has 2 aliphatic carbocycles. The third-order valence-corrected chi connectivity index (χ3v) is 4.66. The summed E-state index contributed by atoms with van der Waals surface area (Å²) in [6.45, 7) is 0.986. The van der Waals surface area contributed by atoms with Crippen molar-refractivity contribution in [2.75, 3.05) is 6.54 Å². The van der Waals surface area contributed by atoms with E-state index in [2.05, 4.69) is 10.2 Å². The zero-order chi connectivity index (χ0) is 11.7. The molecule has 2 amide bonds. The van der Waals surface area contributed by atoms with Gasteiger partial charge in [0.05, 0.1) is 0 Å². The molecule has 96 valence electrons. The molecule has 2 saturated carbocycles. The Balaban J connectivity index is 1.53. The van der Waals surface area contributed by atoms with Gasteiger partial charge in [-0.15, -0.1) is 0 Å². The second-order valence-electron chi connectivity index (χ2n) is 6.02. The Morgan fingerprint density at radius 1 is 0.941 bits per heavy atom. The molecule has 1 N–H and O–H groups in total. The fourth-order valence-corrected chi connectivity index (χ4v) is 3.52. The minimum Gasteiger partial charge on any atom is -0.335 e. The molecule has 0 aromatic carbocycles. The van der Waals surface area contributed by atoms with E-state index in [-0.39, 0.29) is 6.03 Å². The lowest BCUT2D eigenvalue weighted by molar-refractivity contribution is 0.179. The molecule has 1 heterocycles. The molecule has 0 radical (unpaired) electrons. The molecule has 0 spiro atoms. The van der Waals surface area contributed by atoms with Crippen molar-refractivity contribution in [3.8, 4) is 0 Å². The Kier molecular flexibility index (Phi) is 3.26. The standard InChI is InChI=1S/C14H24N2O/c17-14(15-12-5-2-1-3-6-12)16-10-4-7-13(16)11-8-9-11/h11-13H,1-10H2,(H,15,17). The van der Waals surface area contributed by atoms with E-state index in [9.17, 15) is 4.79 Å². The van der Waals surface area contributed by atoms with E-state index in [1.165, 1.54) is 57.8 Å². The molecule has 3 heteroatoms. The minimum absolute atomic E-state index is 0.228. The van der Waals surface area contributed by atoms with Gasteiger partial charge in [0, 0.05) is 18.6 Å². The highest BCUT2D eigenvalue weighted by atomic mass is 16.2. The predicted octanol–water partition coefficient (Wildman–Crippen LogP) is 2.90. The summed E-state index contributed by atoms with van der Waals surface area (Å²) in [7, 11) is 0. The maximum atomic E-state index is 12.3. The summed E-state index contributed by atoms with van der Waals surface area (Å²) in [4.78, 5) is 14.4. The van der Waals surface area contributed by atoms with Gasteiger partial charge in [-0.1, -0.05) is 19.3 Å². The number of nitrogens with one attached hydrogen (secondary N) is 1. The van der Waals surface area contributed by atoms with Crippen molar-refractivity contribution in [1.29, 1.82) is 0 Å². The topological polar surface area (TPSA) is 32.3 Å². The van der Waals surface area contributed by atoms with E-state index < -0.39 is 0 Å². The molecule has 1 saturated heterocycles. The third kappa shape index (κ3) is 2.58. The molecule has 0 bridgehead atoms. The summed E-state index contributed by atoms with van der Waals surface area (Å²) < 4.78 is 0. The van der Waals surface area contributed by atoms with Crippen LogP contribution in [0.4, 0.5) is 4.79 Å². The third-order valence-electron chi connectivity index (χ3n) is 4.66. The van der Waals surface area contributed by atoms with Crippen LogP contribution in [0, 0.1) is 5.92 Å².